The average Bonchev–Trinajstić information content (AvgIpc) is 3.09. The summed E-state index contributed by atoms with van der Waals surface area (Å²) in [5.74, 6) is -0.494. The standard InChI is InChI=1S/C18H15F3N4O3S2/c1-11-23-24-17(29-11)25-30(27,28)15-9-14(18(19,20)21)8-7-13(15)10-22-16(26)12-5-3-2-4-6-12/h2-9H,10H2,1H3,(H,22,26)(H,24,25). The van der Waals surface area contributed by atoms with Gasteiger partial charge in [-0.2, -0.15) is 13.2 Å². The van der Waals surface area contributed by atoms with E-state index in [1.54, 1.807) is 37.3 Å². The highest BCUT2D eigenvalue weighted by atomic mass is 32.2. The first kappa shape index (κ1) is 21.7. The Hall–Kier alpha value is -2.99. The van der Waals surface area contributed by atoms with Gasteiger partial charge in [0, 0.05) is 12.1 Å². The van der Waals surface area contributed by atoms with Crippen LogP contribution in [-0.4, -0.2) is 24.5 Å². The van der Waals surface area contributed by atoms with Gasteiger partial charge in [0.1, 0.15) is 5.01 Å². The van der Waals surface area contributed by atoms with Crippen LogP contribution in [0.15, 0.2) is 53.4 Å². The molecule has 0 bridgehead atoms. The highest BCUT2D eigenvalue weighted by Crippen LogP contribution is 2.32. The Morgan fingerprint density at radius 2 is 1.80 bits per heavy atom. The molecule has 3 rings (SSSR count). The number of anilines is 1. The van der Waals surface area contributed by atoms with Crippen molar-refractivity contribution in [1.29, 1.82) is 0 Å². The van der Waals surface area contributed by atoms with Crippen LogP contribution in [0.4, 0.5) is 18.3 Å². The van der Waals surface area contributed by atoms with Gasteiger partial charge in [-0.05, 0) is 36.8 Å². The number of amides is 1. The summed E-state index contributed by atoms with van der Waals surface area (Å²) >= 11 is 0.936. The number of nitrogens with one attached hydrogen (secondary N) is 2. The summed E-state index contributed by atoms with van der Waals surface area (Å²) in [6, 6.07) is 10.4. The van der Waals surface area contributed by atoms with Gasteiger partial charge in [-0.3, -0.25) is 9.52 Å². The Morgan fingerprint density at radius 1 is 1.10 bits per heavy atom. The zero-order valence-corrected chi connectivity index (χ0v) is 17.0. The predicted octanol–water partition coefficient (Wildman–Crippen LogP) is 3.60. The molecule has 2 N–H and O–H groups in total. The number of benzene rings is 2. The topological polar surface area (TPSA) is 101 Å². The molecule has 0 aliphatic heterocycles. The fraction of sp³-hybridized carbons (Fsp3) is 0.167. The minimum atomic E-state index is -4.74. The zero-order chi connectivity index (χ0) is 21.9. The van der Waals surface area contributed by atoms with E-state index in [1.165, 1.54) is 0 Å². The molecule has 0 unspecified atom stereocenters. The van der Waals surface area contributed by atoms with Gasteiger partial charge >= 0.3 is 6.18 Å². The van der Waals surface area contributed by atoms with Crippen LogP contribution in [-0.2, 0) is 22.7 Å². The van der Waals surface area contributed by atoms with Gasteiger partial charge in [-0.15, -0.1) is 10.2 Å². The number of hydrogen-bond acceptors (Lipinski definition) is 6. The molecule has 0 atom stereocenters. The summed E-state index contributed by atoms with van der Waals surface area (Å²) < 4.78 is 67.1. The van der Waals surface area contributed by atoms with Crippen molar-refractivity contribution in [3.8, 4) is 0 Å². The van der Waals surface area contributed by atoms with E-state index >= 15 is 0 Å². The molecule has 1 aromatic heterocycles. The van der Waals surface area contributed by atoms with Crippen molar-refractivity contribution in [2.24, 2.45) is 0 Å². The Morgan fingerprint density at radius 3 is 2.40 bits per heavy atom. The Kier molecular flexibility index (Phi) is 6.08. The molecule has 0 fully saturated rings. The number of sulfonamides is 1. The number of rotatable bonds is 6. The molecule has 0 spiro atoms. The van der Waals surface area contributed by atoms with E-state index in [-0.39, 0.29) is 17.2 Å². The fourth-order valence-electron chi connectivity index (χ4n) is 2.50. The smallest absolute Gasteiger partial charge is 0.348 e. The molecule has 2 aromatic carbocycles. The largest absolute Gasteiger partial charge is 0.416 e. The van der Waals surface area contributed by atoms with Gasteiger partial charge in [-0.25, -0.2) is 8.42 Å². The number of hydrogen-bond donors (Lipinski definition) is 2. The molecule has 12 heteroatoms. The van der Waals surface area contributed by atoms with Crippen molar-refractivity contribution in [3.63, 3.8) is 0 Å². The van der Waals surface area contributed by atoms with Crippen molar-refractivity contribution in [3.05, 3.63) is 70.2 Å². The second-order valence-electron chi connectivity index (χ2n) is 6.10. The number of aryl methyl sites for hydroxylation is 1. The Labute approximate surface area is 174 Å². The number of halogens is 3. The highest BCUT2D eigenvalue weighted by molar-refractivity contribution is 7.93. The second kappa shape index (κ2) is 8.40. The monoisotopic (exact) mass is 456 g/mol. The van der Waals surface area contributed by atoms with Crippen LogP contribution in [0.2, 0.25) is 0 Å². The van der Waals surface area contributed by atoms with Gasteiger partial charge in [-0.1, -0.05) is 35.6 Å². The maximum Gasteiger partial charge on any atom is 0.416 e. The Bertz CT molecular complexity index is 1160. The van der Waals surface area contributed by atoms with Crippen LogP contribution < -0.4 is 10.0 Å². The third kappa shape index (κ3) is 5.13. The number of carbonyl (C=O) groups is 1. The average molecular weight is 456 g/mol. The second-order valence-corrected chi connectivity index (χ2v) is 8.93. The number of alkyl halides is 3. The van der Waals surface area contributed by atoms with Crippen LogP contribution in [0.3, 0.4) is 0 Å². The van der Waals surface area contributed by atoms with E-state index < -0.39 is 32.6 Å². The SMILES string of the molecule is Cc1nnc(NS(=O)(=O)c2cc(C(F)(F)F)ccc2CNC(=O)c2ccccc2)s1. The third-order valence-corrected chi connectivity index (χ3v) is 6.21. The lowest BCUT2D eigenvalue weighted by Crippen LogP contribution is -2.25. The van der Waals surface area contributed by atoms with Crippen LogP contribution in [0.5, 0.6) is 0 Å². The number of nitrogens with zero attached hydrogens (tertiary/aromatic N) is 2. The Balaban J connectivity index is 1.93. The van der Waals surface area contributed by atoms with E-state index in [4.69, 9.17) is 0 Å². The van der Waals surface area contributed by atoms with Crippen LogP contribution in [0.1, 0.15) is 26.5 Å². The molecule has 1 heterocycles. The van der Waals surface area contributed by atoms with Crippen molar-refractivity contribution in [1.82, 2.24) is 15.5 Å². The third-order valence-electron chi connectivity index (χ3n) is 3.91. The molecule has 0 aliphatic rings. The van der Waals surface area contributed by atoms with Crippen molar-refractivity contribution in [2.75, 3.05) is 4.72 Å². The number of aromatic nitrogens is 2. The molecule has 0 aliphatic carbocycles. The molecule has 0 saturated heterocycles. The minimum Gasteiger partial charge on any atom is -0.348 e. The molecule has 3 aromatic rings. The first-order valence-corrected chi connectivity index (χ1v) is 10.7. The lowest BCUT2D eigenvalue weighted by molar-refractivity contribution is -0.137. The van der Waals surface area contributed by atoms with Gasteiger partial charge in [0.05, 0.1) is 10.5 Å². The van der Waals surface area contributed by atoms with E-state index in [0.29, 0.717) is 16.6 Å². The fourth-order valence-corrected chi connectivity index (χ4v) is 4.59. The molecule has 30 heavy (non-hydrogen) atoms. The van der Waals surface area contributed by atoms with E-state index in [0.717, 1.165) is 23.5 Å². The summed E-state index contributed by atoms with van der Waals surface area (Å²) in [5, 5.41) is 10.2. The normalized spacial score (nSPS) is 11.9. The summed E-state index contributed by atoms with van der Waals surface area (Å²) in [6.45, 7) is 1.31. The van der Waals surface area contributed by atoms with E-state index in [2.05, 4.69) is 20.2 Å². The summed E-state index contributed by atoms with van der Waals surface area (Å²) in [6.07, 6.45) is -4.74. The maximum atomic E-state index is 13.1. The molecule has 158 valence electrons. The molecular formula is C18H15F3N4O3S2. The summed E-state index contributed by atoms with van der Waals surface area (Å²) in [5.41, 5.74) is -0.813. The first-order chi connectivity index (χ1) is 14.1. The lowest BCUT2D eigenvalue weighted by Gasteiger charge is -2.15. The quantitative estimate of drug-likeness (QED) is 0.590. The zero-order valence-electron chi connectivity index (χ0n) is 15.4. The van der Waals surface area contributed by atoms with Crippen LogP contribution >= 0.6 is 11.3 Å². The van der Waals surface area contributed by atoms with Crippen molar-refractivity contribution < 1.29 is 26.4 Å². The lowest BCUT2D eigenvalue weighted by atomic mass is 10.1. The van der Waals surface area contributed by atoms with E-state index in [9.17, 15) is 26.4 Å². The number of carbonyl (C=O) groups excluding carboxylic acids is 1. The molecule has 7 nitrogen and oxygen atoms in total. The van der Waals surface area contributed by atoms with Crippen molar-refractivity contribution in [2.45, 2.75) is 24.5 Å². The first-order valence-electron chi connectivity index (χ1n) is 8.42. The van der Waals surface area contributed by atoms with Crippen molar-refractivity contribution >= 4 is 32.4 Å². The van der Waals surface area contributed by atoms with E-state index in [1.807, 2.05) is 0 Å². The van der Waals surface area contributed by atoms with Gasteiger partial charge in [0.2, 0.25) is 5.13 Å². The molecule has 0 radical (unpaired) electrons. The van der Waals surface area contributed by atoms with Gasteiger partial charge in [0.25, 0.3) is 15.9 Å². The summed E-state index contributed by atoms with van der Waals surface area (Å²) in [4.78, 5) is 11.6. The molecular weight excluding hydrogens is 441 g/mol. The highest BCUT2D eigenvalue weighted by Gasteiger charge is 2.33. The van der Waals surface area contributed by atoms with Crippen LogP contribution in [0, 0.1) is 6.92 Å². The molecule has 0 saturated carbocycles. The van der Waals surface area contributed by atoms with Gasteiger partial charge in [0.15, 0.2) is 0 Å². The summed E-state index contributed by atoms with van der Waals surface area (Å²) in [7, 11) is -4.42. The maximum absolute atomic E-state index is 13.1. The molecule has 1 amide bonds. The van der Waals surface area contributed by atoms with Crippen LogP contribution in [0.25, 0.3) is 0 Å². The predicted molar refractivity (Wildman–Crippen MR) is 105 cm³/mol. The minimum absolute atomic E-state index is 0.0129. The van der Waals surface area contributed by atoms with Gasteiger partial charge < -0.3 is 5.32 Å².